The molecule has 2 aromatic carbocycles. The van der Waals surface area contributed by atoms with Crippen LogP contribution in [-0.2, 0) is 0 Å². The molecule has 3 rings (SSSR count). The summed E-state index contributed by atoms with van der Waals surface area (Å²) in [5.41, 5.74) is 3.94. The first-order valence-corrected chi connectivity index (χ1v) is 7.06. The normalized spacial score (nSPS) is 10.3. The predicted octanol–water partition coefficient (Wildman–Crippen LogP) is 4.20. The molecule has 1 aromatic heterocycles. The van der Waals surface area contributed by atoms with Crippen LogP contribution in [0.3, 0.4) is 0 Å². The molecule has 0 aliphatic carbocycles. The van der Waals surface area contributed by atoms with Crippen LogP contribution in [0.15, 0.2) is 60.8 Å². The van der Waals surface area contributed by atoms with Crippen LogP contribution < -0.4 is 10.1 Å². The number of rotatable bonds is 4. The second kappa shape index (κ2) is 6.26. The van der Waals surface area contributed by atoms with E-state index >= 15 is 0 Å². The molecule has 22 heavy (non-hydrogen) atoms. The molecular weight excluding hydrogens is 274 g/mol. The average molecular weight is 291 g/mol. The molecule has 0 unspecified atom stereocenters. The molecule has 0 aliphatic rings. The number of ether oxygens (including phenoxy) is 1. The highest BCUT2D eigenvalue weighted by atomic mass is 16.5. The Bertz CT molecular complexity index is 769. The van der Waals surface area contributed by atoms with Crippen LogP contribution in [0, 0.1) is 6.92 Å². The van der Waals surface area contributed by atoms with Crippen molar-refractivity contribution >= 4 is 11.6 Å². The van der Waals surface area contributed by atoms with E-state index in [1.54, 1.807) is 13.3 Å². The molecule has 4 heteroatoms. The van der Waals surface area contributed by atoms with Crippen LogP contribution in [0.5, 0.6) is 5.75 Å². The van der Waals surface area contributed by atoms with Gasteiger partial charge in [-0.1, -0.05) is 29.8 Å². The Labute approximate surface area is 129 Å². The third kappa shape index (κ3) is 3.06. The van der Waals surface area contributed by atoms with Gasteiger partial charge in [0.1, 0.15) is 5.75 Å². The van der Waals surface area contributed by atoms with Gasteiger partial charge in [0.15, 0.2) is 0 Å². The third-order valence-electron chi connectivity index (χ3n) is 3.35. The van der Waals surface area contributed by atoms with E-state index in [0.29, 0.717) is 5.95 Å². The van der Waals surface area contributed by atoms with Gasteiger partial charge >= 0.3 is 0 Å². The smallest absolute Gasteiger partial charge is 0.227 e. The lowest BCUT2D eigenvalue weighted by atomic mass is 10.1. The molecule has 0 saturated carbocycles. The summed E-state index contributed by atoms with van der Waals surface area (Å²) in [6.45, 7) is 2.06. The summed E-state index contributed by atoms with van der Waals surface area (Å²) >= 11 is 0. The molecule has 4 nitrogen and oxygen atoms in total. The highest BCUT2D eigenvalue weighted by molar-refractivity contribution is 5.68. The van der Waals surface area contributed by atoms with Gasteiger partial charge in [-0.05, 0) is 37.3 Å². The molecule has 1 N–H and O–H groups in total. The van der Waals surface area contributed by atoms with Crippen LogP contribution in [-0.4, -0.2) is 17.1 Å². The highest BCUT2D eigenvalue weighted by Gasteiger charge is 2.07. The zero-order valence-corrected chi connectivity index (χ0v) is 12.6. The lowest BCUT2D eigenvalue weighted by molar-refractivity contribution is 0.416. The van der Waals surface area contributed by atoms with Crippen molar-refractivity contribution in [2.75, 3.05) is 12.4 Å². The monoisotopic (exact) mass is 291 g/mol. The maximum absolute atomic E-state index is 5.39. The number of anilines is 2. The number of methoxy groups -OCH3 is 1. The van der Waals surface area contributed by atoms with Crippen molar-refractivity contribution in [3.63, 3.8) is 0 Å². The molecule has 0 saturated heterocycles. The van der Waals surface area contributed by atoms with Gasteiger partial charge < -0.3 is 10.1 Å². The van der Waals surface area contributed by atoms with Crippen molar-refractivity contribution in [1.29, 1.82) is 0 Å². The zero-order chi connectivity index (χ0) is 15.4. The first kappa shape index (κ1) is 14.1. The fourth-order valence-electron chi connectivity index (χ4n) is 2.19. The Morgan fingerprint density at radius 2 is 1.73 bits per heavy atom. The second-order valence-corrected chi connectivity index (χ2v) is 4.96. The lowest BCUT2D eigenvalue weighted by Gasteiger charge is -2.09. The summed E-state index contributed by atoms with van der Waals surface area (Å²) in [7, 11) is 1.66. The van der Waals surface area contributed by atoms with E-state index in [2.05, 4.69) is 22.2 Å². The summed E-state index contributed by atoms with van der Waals surface area (Å²) in [5, 5.41) is 3.22. The number of nitrogens with zero attached hydrogens (tertiary/aromatic N) is 2. The number of para-hydroxylation sites is 1. The SMILES string of the molecule is COc1ccccc1-c1ccnc(Nc2ccc(C)cc2)n1. The minimum atomic E-state index is 0.562. The van der Waals surface area contributed by atoms with Gasteiger partial charge in [-0.2, -0.15) is 0 Å². The molecule has 0 amide bonds. The van der Waals surface area contributed by atoms with Crippen molar-refractivity contribution in [2.45, 2.75) is 6.92 Å². The number of nitrogens with one attached hydrogen (secondary N) is 1. The Balaban J connectivity index is 1.91. The molecule has 0 bridgehead atoms. The zero-order valence-electron chi connectivity index (χ0n) is 12.6. The van der Waals surface area contributed by atoms with Crippen molar-refractivity contribution in [3.8, 4) is 17.0 Å². The van der Waals surface area contributed by atoms with Gasteiger partial charge in [0.2, 0.25) is 5.95 Å². The molecule has 110 valence electrons. The van der Waals surface area contributed by atoms with E-state index in [0.717, 1.165) is 22.7 Å². The third-order valence-corrected chi connectivity index (χ3v) is 3.35. The summed E-state index contributed by atoms with van der Waals surface area (Å²) in [6.07, 6.45) is 1.74. The number of hydrogen-bond acceptors (Lipinski definition) is 4. The van der Waals surface area contributed by atoms with Crippen LogP contribution in [0.1, 0.15) is 5.56 Å². The molecule has 0 atom stereocenters. The predicted molar refractivity (Wildman–Crippen MR) is 88.5 cm³/mol. The summed E-state index contributed by atoms with van der Waals surface area (Å²) in [5.74, 6) is 1.36. The van der Waals surface area contributed by atoms with Crippen LogP contribution in [0.4, 0.5) is 11.6 Å². The van der Waals surface area contributed by atoms with Gasteiger partial charge in [-0.3, -0.25) is 0 Å². The lowest BCUT2D eigenvalue weighted by Crippen LogP contribution is -1.98. The van der Waals surface area contributed by atoms with Crippen molar-refractivity contribution in [2.24, 2.45) is 0 Å². The first-order valence-electron chi connectivity index (χ1n) is 7.06. The Morgan fingerprint density at radius 1 is 0.955 bits per heavy atom. The Morgan fingerprint density at radius 3 is 2.50 bits per heavy atom. The molecule has 0 fully saturated rings. The van der Waals surface area contributed by atoms with E-state index in [9.17, 15) is 0 Å². The van der Waals surface area contributed by atoms with Crippen molar-refractivity contribution in [1.82, 2.24) is 9.97 Å². The molecule has 0 aliphatic heterocycles. The number of hydrogen-bond donors (Lipinski definition) is 1. The standard InChI is InChI=1S/C18H17N3O/c1-13-7-9-14(10-8-13)20-18-19-12-11-16(21-18)15-5-3-4-6-17(15)22-2/h3-12H,1-2H3,(H,19,20,21). The quantitative estimate of drug-likeness (QED) is 0.782. The van der Waals surface area contributed by atoms with Gasteiger partial charge in [0.05, 0.1) is 12.8 Å². The van der Waals surface area contributed by atoms with Crippen molar-refractivity contribution in [3.05, 3.63) is 66.4 Å². The van der Waals surface area contributed by atoms with Crippen LogP contribution >= 0.6 is 0 Å². The van der Waals surface area contributed by atoms with E-state index in [1.807, 2.05) is 54.6 Å². The maximum Gasteiger partial charge on any atom is 0.227 e. The first-order chi connectivity index (χ1) is 10.8. The van der Waals surface area contributed by atoms with Gasteiger partial charge in [0.25, 0.3) is 0 Å². The van der Waals surface area contributed by atoms with Gasteiger partial charge in [-0.15, -0.1) is 0 Å². The minimum absolute atomic E-state index is 0.562. The van der Waals surface area contributed by atoms with E-state index in [4.69, 9.17) is 4.74 Å². The van der Waals surface area contributed by atoms with E-state index < -0.39 is 0 Å². The topological polar surface area (TPSA) is 47.0 Å². The summed E-state index contributed by atoms with van der Waals surface area (Å²) in [6, 6.07) is 17.8. The average Bonchev–Trinajstić information content (AvgIpc) is 2.57. The second-order valence-electron chi connectivity index (χ2n) is 4.96. The van der Waals surface area contributed by atoms with Gasteiger partial charge in [-0.25, -0.2) is 9.97 Å². The van der Waals surface area contributed by atoms with Crippen molar-refractivity contribution < 1.29 is 4.74 Å². The number of aryl methyl sites for hydroxylation is 1. The number of benzene rings is 2. The van der Waals surface area contributed by atoms with E-state index in [1.165, 1.54) is 5.56 Å². The summed E-state index contributed by atoms with van der Waals surface area (Å²) in [4.78, 5) is 8.84. The maximum atomic E-state index is 5.39. The van der Waals surface area contributed by atoms with Gasteiger partial charge in [0, 0.05) is 17.4 Å². The summed E-state index contributed by atoms with van der Waals surface area (Å²) < 4.78 is 5.39. The Kier molecular flexibility index (Phi) is 4.01. The Hall–Kier alpha value is -2.88. The highest BCUT2D eigenvalue weighted by Crippen LogP contribution is 2.28. The molecular formula is C18H17N3O. The van der Waals surface area contributed by atoms with Crippen LogP contribution in [0.25, 0.3) is 11.3 Å². The molecule has 0 radical (unpaired) electrons. The molecule has 3 aromatic rings. The molecule has 0 spiro atoms. The fraction of sp³-hybridized carbons (Fsp3) is 0.111. The number of aromatic nitrogens is 2. The molecule has 1 heterocycles. The minimum Gasteiger partial charge on any atom is -0.496 e. The van der Waals surface area contributed by atoms with E-state index in [-0.39, 0.29) is 0 Å². The fourth-order valence-corrected chi connectivity index (χ4v) is 2.19. The largest absolute Gasteiger partial charge is 0.496 e. The van der Waals surface area contributed by atoms with Crippen LogP contribution in [0.2, 0.25) is 0 Å².